The number of benzene rings is 10. The lowest BCUT2D eigenvalue weighted by Gasteiger charge is -2.17. The molecule has 0 aliphatic carbocycles. The van der Waals surface area contributed by atoms with Gasteiger partial charge in [0.15, 0.2) is 5.78 Å². The molecule has 0 N–H and O–H groups in total. The van der Waals surface area contributed by atoms with Gasteiger partial charge in [0.25, 0.3) is 0 Å². The Labute approximate surface area is 385 Å². The monoisotopic (exact) mass is 852 g/mol. The molecular formula is C62H44O4. The van der Waals surface area contributed by atoms with Crippen molar-refractivity contribution in [2.24, 2.45) is 0 Å². The molecule has 0 aliphatic rings. The minimum absolute atomic E-state index is 0.133. The molecule has 0 saturated carbocycles. The zero-order chi connectivity index (χ0) is 44.5. The van der Waals surface area contributed by atoms with Crippen molar-refractivity contribution in [1.29, 1.82) is 0 Å². The normalized spacial score (nSPS) is 10.8. The predicted molar refractivity (Wildman–Crippen MR) is 267 cm³/mol. The van der Waals surface area contributed by atoms with Gasteiger partial charge in [-0.1, -0.05) is 164 Å². The molecule has 0 aliphatic heterocycles. The quantitative estimate of drug-likeness (QED) is 0.102. The van der Waals surface area contributed by atoms with Crippen molar-refractivity contribution in [3.8, 4) is 79.0 Å². The van der Waals surface area contributed by atoms with Crippen molar-refractivity contribution in [2.75, 3.05) is 0 Å². The fourth-order valence-corrected chi connectivity index (χ4v) is 8.31. The van der Waals surface area contributed by atoms with Crippen molar-refractivity contribution in [2.45, 2.75) is 6.42 Å². The maximum absolute atomic E-state index is 15.6. The lowest BCUT2D eigenvalue weighted by atomic mass is 9.88. The number of ether oxygens (including phenoxy) is 3. The first-order chi connectivity index (χ1) is 32.6. The molecule has 10 rings (SSSR count). The molecule has 0 radical (unpaired) electrons. The van der Waals surface area contributed by atoms with Gasteiger partial charge in [0.1, 0.15) is 34.5 Å². The van der Waals surface area contributed by atoms with Crippen molar-refractivity contribution in [3.63, 3.8) is 0 Å². The molecular weight excluding hydrogens is 809 g/mol. The Morgan fingerprint density at radius 3 is 1.00 bits per heavy atom. The molecule has 10 aromatic carbocycles. The van der Waals surface area contributed by atoms with E-state index in [1.54, 1.807) is 0 Å². The van der Waals surface area contributed by atoms with E-state index in [1.165, 1.54) is 5.56 Å². The van der Waals surface area contributed by atoms with Crippen LogP contribution in [0.2, 0.25) is 0 Å². The maximum atomic E-state index is 15.6. The molecule has 0 amide bonds. The van der Waals surface area contributed by atoms with Gasteiger partial charge < -0.3 is 14.2 Å². The Kier molecular flexibility index (Phi) is 12.1. The van der Waals surface area contributed by atoms with Crippen LogP contribution in [0.1, 0.15) is 27.0 Å². The Morgan fingerprint density at radius 1 is 0.303 bits per heavy atom. The van der Waals surface area contributed by atoms with E-state index >= 15 is 4.79 Å². The SMILES string of the molecule is O=C(c1cc(-c2ccccc2Cc2ccccc2)cc(-c2ccccc2Oc2ccccc2)c1)c1cc(-c2ccccc2Oc2ccccc2)cc(-c2ccccc2Oc2ccccc2)c1. The van der Waals surface area contributed by atoms with Crippen LogP contribution in [0.3, 0.4) is 0 Å². The van der Waals surface area contributed by atoms with Crippen molar-refractivity contribution in [1.82, 2.24) is 0 Å². The predicted octanol–water partition coefficient (Wildman–Crippen LogP) is 16.6. The molecule has 0 aromatic heterocycles. The topological polar surface area (TPSA) is 44.8 Å². The number of hydrogen-bond acceptors (Lipinski definition) is 4. The largest absolute Gasteiger partial charge is 0.457 e. The van der Waals surface area contributed by atoms with Gasteiger partial charge in [-0.05, 0) is 136 Å². The van der Waals surface area contributed by atoms with Crippen molar-refractivity contribution < 1.29 is 19.0 Å². The Balaban J connectivity index is 1.15. The molecule has 0 unspecified atom stereocenters. The molecule has 4 heteroatoms. The molecule has 0 saturated heterocycles. The smallest absolute Gasteiger partial charge is 0.193 e. The average molecular weight is 853 g/mol. The van der Waals surface area contributed by atoms with E-state index in [0.717, 1.165) is 62.2 Å². The van der Waals surface area contributed by atoms with Gasteiger partial charge in [0.2, 0.25) is 0 Å². The van der Waals surface area contributed by atoms with E-state index < -0.39 is 0 Å². The first-order valence-electron chi connectivity index (χ1n) is 22.1. The Bertz CT molecular complexity index is 2830. The third-order valence-corrected chi connectivity index (χ3v) is 11.5. The second kappa shape index (κ2) is 19.3. The number of carbonyl (C=O) groups excluding carboxylic acids is 1. The van der Waals surface area contributed by atoms with E-state index in [2.05, 4.69) is 60.7 Å². The zero-order valence-corrected chi connectivity index (χ0v) is 36.1. The molecule has 0 atom stereocenters. The maximum Gasteiger partial charge on any atom is 0.193 e. The van der Waals surface area contributed by atoms with Gasteiger partial charge in [-0.2, -0.15) is 0 Å². The van der Waals surface area contributed by atoms with Gasteiger partial charge >= 0.3 is 0 Å². The third-order valence-electron chi connectivity index (χ3n) is 11.5. The lowest BCUT2D eigenvalue weighted by Crippen LogP contribution is -2.04. The van der Waals surface area contributed by atoms with Gasteiger partial charge in [0.05, 0.1) is 0 Å². The van der Waals surface area contributed by atoms with Crippen LogP contribution < -0.4 is 14.2 Å². The summed E-state index contributed by atoms with van der Waals surface area (Å²) >= 11 is 0. The second-order valence-electron chi connectivity index (χ2n) is 16.0. The molecule has 4 nitrogen and oxygen atoms in total. The van der Waals surface area contributed by atoms with Gasteiger partial charge in [-0.25, -0.2) is 0 Å². The Morgan fingerprint density at radius 2 is 0.606 bits per heavy atom. The fraction of sp³-hybridized carbons (Fsp3) is 0.0161. The van der Waals surface area contributed by atoms with Crippen LogP contribution in [0.5, 0.6) is 34.5 Å². The van der Waals surface area contributed by atoms with Gasteiger partial charge in [-0.15, -0.1) is 0 Å². The lowest BCUT2D eigenvalue weighted by molar-refractivity contribution is 0.103. The molecule has 0 fully saturated rings. The van der Waals surface area contributed by atoms with Gasteiger partial charge in [-0.3, -0.25) is 4.79 Å². The zero-order valence-electron chi connectivity index (χ0n) is 36.1. The summed E-state index contributed by atoms with van der Waals surface area (Å²) in [5, 5.41) is 0. The number of ketones is 1. The number of rotatable bonds is 14. The van der Waals surface area contributed by atoms with E-state index in [9.17, 15) is 0 Å². The first kappa shape index (κ1) is 41.3. The summed E-state index contributed by atoms with van der Waals surface area (Å²) in [5.41, 5.74) is 10.4. The molecule has 66 heavy (non-hydrogen) atoms. The Hall–Kier alpha value is -8.73. The van der Waals surface area contributed by atoms with Crippen LogP contribution in [0.25, 0.3) is 44.5 Å². The first-order valence-corrected chi connectivity index (χ1v) is 22.1. The third kappa shape index (κ3) is 9.45. The minimum Gasteiger partial charge on any atom is -0.457 e. The number of para-hydroxylation sites is 6. The van der Waals surface area contributed by atoms with E-state index in [1.807, 2.05) is 194 Å². The summed E-state index contributed by atoms with van der Waals surface area (Å²) in [5.74, 6) is 4.05. The summed E-state index contributed by atoms with van der Waals surface area (Å²) in [4.78, 5) is 15.6. The number of carbonyl (C=O) groups is 1. The summed E-state index contributed by atoms with van der Waals surface area (Å²) in [6, 6.07) is 84.3. The van der Waals surface area contributed by atoms with Crippen LogP contribution >= 0.6 is 0 Å². The standard InChI is InChI=1S/C62H44O4/c63-62(50-40-46(55-30-14-13-23-45(55)37-44-21-5-1-6-22-44)38-47(41-50)56-31-15-18-34-59(56)64-52-24-7-2-8-25-52)51-42-48(57-32-16-19-35-60(57)65-53-26-9-3-10-27-53)39-49(43-51)58-33-17-20-36-61(58)66-54-28-11-4-12-29-54/h1-36,38-43H,37H2. The summed E-state index contributed by atoms with van der Waals surface area (Å²) in [6.45, 7) is 0. The van der Waals surface area contributed by atoms with Gasteiger partial charge in [0, 0.05) is 27.8 Å². The molecule has 0 heterocycles. The van der Waals surface area contributed by atoms with E-state index in [4.69, 9.17) is 14.2 Å². The highest BCUT2D eigenvalue weighted by molar-refractivity contribution is 6.12. The molecule has 10 aromatic rings. The average Bonchev–Trinajstić information content (AvgIpc) is 3.38. The summed E-state index contributed by atoms with van der Waals surface area (Å²) in [6.07, 6.45) is 0.735. The molecule has 0 bridgehead atoms. The molecule has 316 valence electrons. The van der Waals surface area contributed by atoms with Crippen LogP contribution in [0.4, 0.5) is 0 Å². The highest BCUT2D eigenvalue weighted by atomic mass is 16.5. The van der Waals surface area contributed by atoms with Crippen LogP contribution in [0, 0.1) is 0 Å². The molecule has 0 spiro atoms. The summed E-state index contributed by atoms with van der Waals surface area (Å²) in [7, 11) is 0. The van der Waals surface area contributed by atoms with Crippen LogP contribution in [-0.4, -0.2) is 5.78 Å². The van der Waals surface area contributed by atoms with Crippen molar-refractivity contribution >= 4 is 5.78 Å². The van der Waals surface area contributed by atoms with E-state index in [0.29, 0.717) is 39.9 Å². The van der Waals surface area contributed by atoms with Crippen LogP contribution in [0.15, 0.2) is 255 Å². The highest BCUT2D eigenvalue weighted by Crippen LogP contribution is 2.42. The minimum atomic E-state index is -0.133. The summed E-state index contributed by atoms with van der Waals surface area (Å²) < 4.78 is 19.6. The van der Waals surface area contributed by atoms with E-state index in [-0.39, 0.29) is 5.78 Å². The second-order valence-corrected chi connectivity index (χ2v) is 16.0. The highest BCUT2D eigenvalue weighted by Gasteiger charge is 2.21. The van der Waals surface area contributed by atoms with Crippen molar-refractivity contribution in [3.05, 3.63) is 277 Å². The number of hydrogen-bond donors (Lipinski definition) is 0. The fourth-order valence-electron chi connectivity index (χ4n) is 8.31. The van der Waals surface area contributed by atoms with Crippen LogP contribution in [-0.2, 0) is 6.42 Å².